The number of aryl methyl sites for hydroxylation is 2. The van der Waals surface area contributed by atoms with Gasteiger partial charge in [0.15, 0.2) is 0 Å². The van der Waals surface area contributed by atoms with Crippen LogP contribution in [-0.2, 0) is 0 Å². The molecule has 3 heteroatoms. The quantitative estimate of drug-likeness (QED) is 0.752. The van der Waals surface area contributed by atoms with Crippen LogP contribution >= 0.6 is 12.6 Å². The van der Waals surface area contributed by atoms with E-state index in [1.165, 1.54) is 11.1 Å². The van der Waals surface area contributed by atoms with E-state index in [0.717, 1.165) is 11.3 Å². The Kier molecular flexibility index (Phi) is 3.84. The van der Waals surface area contributed by atoms with E-state index in [2.05, 4.69) is 18.7 Å². The highest BCUT2D eigenvalue weighted by Crippen LogP contribution is 2.29. The van der Waals surface area contributed by atoms with Crippen LogP contribution in [0.15, 0.2) is 12.1 Å². The highest BCUT2D eigenvalue weighted by molar-refractivity contribution is 7.80. The molecule has 0 bridgehead atoms. The first kappa shape index (κ1) is 11.4. The Morgan fingerprint density at radius 1 is 1.43 bits per heavy atom. The maximum Gasteiger partial charge on any atom is 0.124 e. The third kappa shape index (κ3) is 2.22. The van der Waals surface area contributed by atoms with Gasteiger partial charge in [0, 0.05) is 17.4 Å². The molecular weight excluding hydrogens is 194 g/mol. The molecule has 0 fully saturated rings. The topological polar surface area (TPSA) is 35.2 Å². The van der Waals surface area contributed by atoms with Crippen LogP contribution in [0, 0.1) is 13.8 Å². The average Bonchev–Trinajstić information content (AvgIpc) is 2.15. The van der Waals surface area contributed by atoms with Gasteiger partial charge in [-0.2, -0.15) is 12.6 Å². The van der Waals surface area contributed by atoms with E-state index < -0.39 is 0 Å². The fraction of sp³-hybridized carbons (Fsp3) is 0.455. The molecule has 0 radical (unpaired) electrons. The van der Waals surface area contributed by atoms with E-state index in [4.69, 9.17) is 10.5 Å². The summed E-state index contributed by atoms with van der Waals surface area (Å²) < 4.78 is 5.32. The third-order valence-electron chi connectivity index (χ3n) is 2.28. The highest BCUT2D eigenvalue weighted by atomic mass is 32.1. The zero-order valence-electron chi connectivity index (χ0n) is 8.87. The summed E-state index contributed by atoms with van der Waals surface area (Å²) in [6.45, 7) is 4.10. The van der Waals surface area contributed by atoms with Crippen molar-refractivity contribution in [2.45, 2.75) is 19.9 Å². The van der Waals surface area contributed by atoms with Crippen LogP contribution in [0.25, 0.3) is 0 Å². The van der Waals surface area contributed by atoms with Crippen molar-refractivity contribution >= 4 is 12.6 Å². The summed E-state index contributed by atoms with van der Waals surface area (Å²) in [5.41, 5.74) is 9.39. The lowest BCUT2D eigenvalue weighted by molar-refractivity contribution is 0.406. The molecule has 0 saturated carbocycles. The minimum Gasteiger partial charge on any atom is -0.496 e. The molecule has 0 amide bonds. The van der Waals surface area contributed by atoms with Gasteiger partial charge in [0.2, 0.25) is 0 Å². The van der Waals surface area contributed by atoms with Gasteiger partial charge in [-0.15, -0.1) is 0 Å². The van der Waals surface area contributed by atoms with E-state index in [1.807, 2.05) is 19.9 Å². The maximum absolute atomic E-state index is 5.97. The van der Waals surface area contributed by atoms with Gasteiger partial charge < -0.3 is 10.5 Å². The number of benzene rings is 1. The predicted octanol–water partition coefficient (Wildman–Crippen LogP) is 2.24. The summed E-state index contributed by atoms with van der Waals surface area (Å²) in [5.74, 6) is 1.49. The van der Waals surface area contributed by atoms with E-state index in [0.29, 0.717) is 5.75 Å². The van der Waals surface area contributed by atoms with E-state index >= 15 is 0 Å². The first-order chi connectivity index (χ1) is 6.60. The van der Waals surface area contributed by atoms with Crippen molar-refractivity contribution in [1.29, 1.82) is 0 Å². The molecule has 0 aliphatic rings. The van der Waals surface area contributed by atoms with E-state index in [9.17, 15) is 0 Å². The van der Waals surface area contributed by atoms with Crippen molar-refractivity contribution in [3.05, 3.63) is 28.8 Å². The molecule has 1 atom stereocenters. The first-order valence-corrected chi connectivity index (χ1v) is 5.25. The normalized spacial score (nSPS) is 12.6. The Bertz CT molecular complexity index is 325. The smallest absolute Gasteiger partial charge is 0.124 e. The molecule has 0 aliphatic carbocycles. The zero-order chi connectivity index (χ0) is 10.7. The standard InChI is InChI=1S/C11H17NOS/c1-7-4-8(2)11(9(12)6-14)10(5-7)13-3/h4-5,9,14H,6,12H2,1-3H3. The average molecular weight is 211 g/mol. The van der Waals surface area contributed by atoms with Gasteiger partial charge in [0.25, 0.3) is 0 Å². The maximum atomic E-state index is 5.97. The van der Waals surface area contributed by atoms with Crippen molar-refractivity contribution in [3.8, 4) is 5.75 Å². The van der Waals surface area contributed by atoms with Gasteiger partial charge in [0.05, 0.1) is 7.11 Å². The number of methoxy groups -OCH3 is 1. The minimum absolute atomic E-state index is 0.0612. The van der Waals surface area contributed by atoms with Gasteiger partial charge in [0.1, 0.15) is 5.75 Å². The molecule has 1 aromatic rings. The Morgan fingerprint density at radius 2 is 2.07 bits per heavy atom. The molecule has 2 nitrogen and oxygen atoms in total. The van der Waals surface area contributed by atoms with Crippen molar-refractivity contribution in [2.75, 3.05) is 12.9 Å². The predicted molar refractivity (Wildman–Crippen MR) is 63.2 cm³/mol. The summed E-state index contributed by atoms with van der Waals surface area (Å²) in [5, 5.41) is 0. The second-order valence-electron chi connectivity index (χ2n) is 3.49. The van der Waals surface area contributed by atoms with E-state index in [-0.39, 0.29) is 6.04 Å². The molecule has 0 heterocycles. The van der Waals surface area contributed by atoms with Gasteiger partial charge in [-0.1, -0.05) is 6.07 Å². The van der Waals surface area contributed by atoms with Crippen molar-refractivity contribution in [2.24, 2.45) is 5.73 Å². The van der Waals surface area contributed by atoms with Crippen LogP contribution in [0.3, 0.4) is 0 Å². The number of rotatable bonds is 3. The Hall–Kier alpha value is -0.670. The fourth-order valence-corrected chi connectivity index (χ4v) is 1.86. The molecule has 14 heavy (non-hydrogen) atoms. The Morgan fingerprint density at radius 3 is 2.57 bits per heavy atom. The Balaban J connectivity index is 3.24. The monoisotopic (exact) mass is 211 g/mol. The lowest BCUT2D eigenvalue weighted by Crippen LogP contribution is -2.14. The summed E-state index contributed by atoms with van der Waals surface area (Å²) in [6, 6.07) is 4.06. The summed E-state index contributed by atoms with van der Waals surface area (Å²) in [6.07, 6.45) is 0. The molecule has 78 valence electrons. The van der Waals surface area contributed by atoms with Crippen LogP contribution in [0.2, 0.25) is 0 Å². The molecule has 2 N–H and O–H groups in total. The van der Waals surface area contributed by atoms with Crippen LogP contribution < -0.4 is 10.5 Å². The van der Waals surface area contributed by atoms with Gasteiger partial charge in [-0.3, -0.25) is 0 Å². The van der Waals surface area contributed by atoms with Crippen LogP contribution in [0.1, 0.15) is 22.7 Å². The third-order valence-corrected chi connectivity index (χ3v) is 2.67. The zero-order valence-corrected chi connectivity index (χ0v) is 9.77. The van der Waals surface area contributed by atoms with Crippen LogP contribution in [0.5, 0.6) is 5.75 Å². The van der Waals surface area contributed by atoms with E-state index in [1.54, 1.807) is 7.11 Å². The number of hydrogen-bond donors (Lipinski definition) is 2. The molecule has 0 aliphatic heterocycles. The van der Waals surface area contributed by atoms with Gasteiger partial charge in [-0.05, 0) is 31.0 Å². The molecule has 0 saturated heterocycles. The van der Waals surface area contributed by atoms with Crippen molar-refractivity contribution in [3.63, 3.8) is 0 Å². The SMILES string of the molecule is COc1cc(C)cc(C)c1C(N)CS. The number of nitrogens with two attached hydrogens (primary N) is 1. The molecular formula is C11H17NOS. The van der Waals surface area contributed by atoms with Crippen molar-refractivity contribution in [1.82, 2.24) is 0 Å². The number of ether oxygens (including phenoxy) is 1. The van der Waals surface area contributed by atoms with Gasteiger partial charge in [-0.25, -0.2) is 0 Å². The lowest BCUT2D eigenvalue weighted by Gasteiger charge is -2.17. The summed E-state index contributed by atoms with van der Waals surface area (Å²) >= 11 is 4.21. The largest absolute Gasteiger partial charge is 0.496 e. The molecule has 1 aromatic carbocycles. The number of thiol groups is 1. The molecule has 1 unspecified atom stereocenters. The van der Waals surface area contributed by atoms with Crippen LogP contribution in [-0.4, -0.2) is 12.9 Å². The van der Waals surface area contributed by atoms with Crippen LogP contribution in [0.4, 0.5) is 0 Å². The molecule has 1 rings (SSSR count). The lowest BCUT2D eigenvalue weighted by atomic mass is 9.99. The van der Waals surface area contributed by atoms with Crippen molar-refractivity contribution < 1.29 is 4.74 Å². The molecule has 0 spiro atoms. The minimum atomic E-state index is -0.0612. The Labute approximate surface area is 90.9 Å². The number of hydrogen-bond acceptors (Lipinski definition) is 3. The summed E-state index contributed by atoms with van der Waals surface area (Å²) in [4.78, 5) is 0. The fourth-order valence-electron chi connectivity index (χ4n) is 1.68. The molecule has 0 aromatic heterocycles. The highest BCUT2D eigenvalue weighted by Gasteiger charge is 2.13. The second kappa shape index (κ2) is 4.71. The first-order valence-electron chi connectivity index (χ1n) is 4.61. The summed E-state index contributed by atoms with van der Waals surface area (Å²) in [7, 11) is 1.67. The van der Waals surface area contributed by atoms with Gasteiger partial charge >= 0.3 is 0 Å². The second-order valence-corrected chi connectivity index (χ2v) is 3.85.